The molecule has 2 heterocycles. The summed E-state index contributed by atoms with van der Waals surface area (Å²) in [5, 5.41) is 2.76. The Labute approximate surface area is 163 Å². The molecule has 1 aromatic carbocycles. The number of esters is 1. The molecule has 1 atom stereocenters. The summed E-state index contributed by atoms with van der Waals surface area (Å²) < 4.78 is 5.28. The number of carbonyl (C=O) groups excluding carboxylic acids is 3. The molecule has 1 saturated heterocycles. The van der Waals surface area contributed by atoms with Gasteiger partial charge in [-0.2, -0.15) is 0 Å². The van der Waals surface area contributed by atoms with E-state index < -0.39 is 12.1 Å². The van der Waals surface area contributed by atoms with E-state index in [1.54, 1.807) is 41.6 Å². The van der Waals surface area contributed by atoms with Crippen molar-refractivity contribution in [3.05, 3.63) is 59.9 Å². The molecule has 1 fully saturated rings. The topological polar surface area (TPSA) is 88.6 Å². The van der Waals surface area contributed by atoms with Crippen LogP contribution in [0.5, 0.6) is 0 Å². The van der Waals surface area contributed by atoms with E-state index in [2.05, 4.69) is 10.3 Å². The van der Waals surface area contributed by atoms with Crippen molar-refractivity contribution in [1.29, 1.82) is 0 Å². The van der Waals surface area contributed by atoms with E-state index in [1.165, 1.54) is 6.92 Å². The van der Waals surface area contributed by atoms with Gasteiger partial charge in [0.2, 0.25) is 5.91 Å². The molecule has 0 bridgehead atoms. The van der Waals surface area contributed by atoms with Gasteiger partial charge in [-0.1, -0.05) is 6.07 Å². The molecule has 0 spiro atoms. The molecule has 2 aromatic rings. The number of benzene rings is 1. The predicted octanol–water partition coefficient (Wildman–Crippen LogP) is 2.11. The van der Waals surface area contributed by atoms with Gasteiger partial charge in [0.25, 0.3) is 5.91 Å². The summed E-state index contributed by atoms with van der Waals surface area (Å²) in [6.45, 7) is 2.62. The number of aromatic nitrogens is 1. The van der Waals surface area contributed by atoms with Gasteiger partial charge in [-0.15, -0.1) is 0 Å². The van der Waals surface area contributed by atoms with Gasteiger partial charge >= 0.3 is 5.97 Å². The molecule has 146 valence electrons. The van der Waals surface area contributed by atoms with E-state index in [-0.39, 0.29) is 11.8 Å². The zero-order valence-electron chi connectivity index (χ0n) is 15.8. The lowest BCUT2D eigenvalue weighted by atomic mass is 10.2. The van der Waals surface area contributed by atoms with Crippen LogP contribution < -0.4 is 10.2 Å². The summed E-state index contributed by atoms with van der Waals surface area (Å²) in [5.74, 6) is -0.897. The first-order valence-electron chi connectivity index (χ1n) is 9.32. The molecule has 1 aliphatic heterocycles. The Morgan fingerprint density at radius 2 is 2.04 bits per heavy atom. The Kier molecular flexibility index (Phi) is 6.37. The van der Waals surface area contributed by atoms with Gasteiger partial charge < -0.3 is 15.0 Å². The Morgan fingerprint density at radius 3 is 2.75 bits per heavy atom. The van der Waals surface area contributed by atoms with Crippen LogP contribution in [0.3, 0.4) is 0 Å². The Balaban J connectivity index is 1.52. The molecule has 7 nitrogen and oxygen atoms in total. The smallest absolute Gasteiger partial charge is 0.338 e. The minimum absolute atomic E-state index is 0.0486. The fourth-order valence-corrected chi connectivity index (χ4v) is 3.03. The summed E-state index contributed by atoms with van der Waals surface area (Å²) in [6, 6.07) is 10.5. The quantitative estimate of drug-likeness (QED) is 0.742. The third-order valence-electron chi connectivity index (χ3n) is 4.58. The lowest BCUT2D eigenvalue weighted by Gasteiger charge is -2.17. The van der Waals surface area contributed by atoms with E-state index in [1.807, 2.05) is 12.1 Å². The van der Waals surface area contributed by atoms with Crippen LogP contribution in [-0.2, 0) is 20.7 Å². The van der Waals surface area contributed by atoms with Gasteiger partial charge in [0, 0.05) is 37.6 Å². The van der Waals surface area contributed by atoms with E-state index in [0.717, 1.165) is 12.0 Å². The van der Waals surface area contributed by atoms with Crippen molar-refractivity contribution >= 4 is 23.5 Å². The van der Waals surface area contributed by atoms with Crippen LogP contribution in [0.4, 0.5) is 5.69 Å². The number of hydrogen-bond acceptors (Lipinski definition) is 5. The van der Waals surface area contributed by atoms with Crippen molar-refractivity contribution in [2.75, 3.05) is 18.0 Å². The molecule has 0 aliphatic carbocycles. The number of carbonyl (C=O) groups is 3. The fourth-order valence-electron chi connectivity index (χ4n) is 3.03. The van der Waals surface area contributed by atoms with Crippen LogP contribution in [0.1, 0.15) is 35.7 Å². The number of pyridine rings is 1. The van der Waals surface area contributed by atoms with Gasteiger partial charge in [-0.25, -0.2) is 4.79 Å². The highest BCUT2D eigenvalue weighted by Crippen LogP contribution is 2.22. The van der Waals surface area contributed by atoms with Gasteiger partial charge in [0.15, 0.2) is 6.10 Å². The lowest BCUT2D eigenvalue weighted by molar-refractivity contribution is -0.129. The van der Waals surface area contributed by atoms with Crippen molar-refractivity contribution in [3.63, 3.8) is 0 Å². The molecule has 3 rings (SSSR count). The number of nitrogens with one attached hydrogen (secondary N) is 1. The van der Waals surface area contributed by atoms with Gasteiger partial charge in [0.1, 0.15) is 0 Å². The van der Waals surface area contributed by atoms with Crippen LogP contribution in [-0.4, -0.2) is 42.0 Å². The Morgan fingerprint density at radius 1 is 1.25 bits per heavy atom. The maximum absolute atomic E-state index is 12.4. The van der Waals surface area contributed by atoms with E-state index in [4.69, 9.17) is 4.74 Å². The van der Waals surface area contributed by atoms with E-state index >= 15 is 0 Å². The second kappa shape index (κ2) is 9.12. The van der Waals surface area contributed by atoms with Gasteiger partial charge in [-0.3, -0.25) is 14.6 Å². The van der Waals surface area contributed by atoms with Crippen molar-refractivity contribution in [3.8, 4) is 0 Å². The third-order valence-corrected chi connectivity index (χ3v) is 4.58. The fraction of sp³-hybridized carbons (Fsp3) is 0.333. The molecule has 2 amide bonds. The average Bonchev–Trinajstić information content (AvgIpc) is 3.14. The molecule has 1 N–H and O–H groups in total. The second-order valence-electron chi connectivity index (χ2n) is 6.64. The monoisotopic (exact) mass is 381 g/mol. The first kappa shape index (κ1) is 19.5. The molecule has 0 unspecified atom stereocenters. The third kappa shape index (κ3) is 4.94. The van der Waals surface area contributed by atoms with Crippen molar-refractivity contribution in [1.82, 2.24) is 10.3 Å². The number of hydrogen-bond donors (Lipinski definition) is 1. The highest BCUT2D eigenvalue weighted by Gasteiger charge is 2.23. The minimum atomic E-state index is -0.915. The summed E-state index contributed by atoms with van der Waals surface area (Å²) in [5.41, 5.74) is 2.05. The number of ether oxygens (including phenoxy) is 1. The maximum atomic E-state index is 12.4. The molecule has 28 heavy (non-hydrogen) atoms. The van der Waals surface area contributed by atoms with Crippen molar-refractivity contribution in [2.45, 2.75) is 32.3 Å². The minimum Gasteiger partial charge on any atom is -0.449 e. The summed E-state index contributed by atoms with van der Waals surface area (Å²) in [6.07, 6.45) is 4.48. The lowest BCUT2D eigenvalue weighted by Crippen LogP contribution is -2.37. The van der Waals surface area contributed by atoms with E-state index in [0.29, 0.717) is 37.2 Å². The van der Waals surface area contributed by atoms with Crippen molar-refractivity contribution in [2.24, 2.45) is 0 Å². The second-order valence-corrected chi connectivity index (χ2v) is 6.64. The van der Waals surface area contributed by atoms with Crippen LogP contribution in [0, 0.1) is 0 Å². The summed E-state index contributed by atoms with van der Waals surface area (Å²) in [4.78, 5) is 42.0. The Bertz CT molecular complexity index is 854. The largest absolute Gasteiger partial charge is 0.449 e. The highest BCUT2D eigenvalue weighted by atomic mass is 16.5. The molecular weight excluding hydrogens is 358 g/mol. The first-order valence-corrected chi connectivity index (χ1v) is 9.32. The molecule has 0 radical (unpaired) electrons. The predicted molar refractivity (Wildman–Crippen MR) is 104 cm³/mol. The molecule has 1 aromatic heterocycles. The molecular formula is C21H23N3O4. The number of amides is 2. The number of rotatable bonds is 7. The molecule has 7 heteroatoms. The zero-order chi connectivity index (χ0) is 19.9. The highest BCUT2D eigenvalue weighted by molar-refractivity contribution is 5.98. The molecule has 0 saturated carbocycles. The van der Waals surface area contributed by atoms with Crippen LogP contribution >= 0.6 is 0 Å². The normalized spacial score (nSPS) is 14.6. The summed E-state index contributed by atoms with van der Waals surface area (Å²) in [7, 11) is 0. The van der Waals surface area contributed by atoms with Gasteiger partial charge in [0.05, 0.1) is 5.56 Å². The SMILES string of the molecule is C[C@H](OC(=O)c1cccc(N2CCCC2=O)c1)C(=O)NCCc1ccncc1. The maximum Gasteiger partial charge on any atom is 0.338 e. The number of nitrogens with zero attached hydrogens (tertiary/aromatic N) is 2. The first-order chi connectivity index (χ1) is 13.5. The Hall–Kier alpha value is -3.22. The molecule has 1 aliphatic rings. The van der Waals surface area contributed by atoms with Gasteiger partial charge in [-0.05, 0) is 55.7 Å². The summed E-state index contributed by atoms with van der Waals surface area (Å²) >= 11 is 0. The number of anilines is 1. The zero-order valence-corrected chi connectivity index (χ0v) is 15.8. The van der Waals surface area contributed by atoms with E-state index in [9.17, 15) is 14.4 Å². The standard InChI is InChI=1S/C21H23N3O4/c1-15(20(26)23-12-9-16-7-10-22-11-8-16)28-21(27)17-4-2-5-18(14-17)24-13-3-6-19(24)25/h2,4-5,7-8,10-11,14-15H,3,6,9,12-13H2,1H3,(H,23,26)/t15-/m0/s1. The van der Waals surface area contributed by atoms with Crippen molar-refractivity contribution < 1.29 is 19.1 Å². The van der Waals surface area contributed by atoms with Crippen LogP contribution in [0.2, 0.25) is 0 Å². The van der Waals surface area contributed by atoms with Crippen LogP contribution in [0.15, 0.2) is 48.8 Å². The van der Waals surface area contributed by atoms with Crippen LogP contribution in [0.25, 0.3) is 0 Å². The average molecular weight is 381 g/mol.